The van der Waals surface area contributed by atoms with Gasteiger partial charge >= 0.3 is 69.5 Å². The molecule has 0 saturated carbocycles. The maximum atomic E-state index is 4.94. The van der Waals surface area contributed by atoms with E-state index in [1.165, 1.54) is 25.7 Å². The van der Waals surface area contributed by atoms with Crippen molar-refractivity contribution in [3.8, 4) is 0 Å². The molecule has 0 spiro atoms. The molecule has 0 N–H and O–H groups in total. The summed E-state index contributed by atoms with van der Waals surface area (Å²) in [5.74, 6) is 0. The molecule has 3 heteroatoms. The number of hydrogen-bond acceptors (Lipinski definition) is 2. The second kappa shape index (κ2) is 14.7. The SMILES string of the molecule is C1COCCO1.CCC[CH2][Sn][CH2]CCC. The summed E-state index contributed by atoms with van der Waals surface area (Å²) in [4.78, 5) is 0. The van der Waals surface area contributed by atoms with Gasteiger partial charge in [-0.2, -0.15) is 0 Å². The van der Waals surface area contributed by atoms with Crippen molar-refractivity contribution in [2.24, 2.45) is 0 Å². The van der Waals surface area contributed by atoms with E-state index in [1.54, 1.807) is 8.87 Å². The van der Waals surface area contributed by atoms with E-state index in [9.17, 15) is 0 Å². The van der Waals surface area contributed by atoms with Crippen LogP contribution in [0, 0.1) is 0 Å². The summed E-state index contributed by atoms with van der Waals surface area (Å²) in [6.45, 7) is 7.69. The Labute approximate surface area is 105 Å². The Morgan fingerprint density at radius 3 is 1.47 bits per heavy atom. The quantitative estimate of drug-likeness (QED) is 0.553. The van der Waals surface area contributed by atoms with Gasteiger partial charge in [-0.15, -0.1) is 0 Å². The first-order valence-corrected chi connectivity index (χ1v) is 10.3. The second-order valence-corrected chi connectivity index (χ2v) is 7.96. The molecule has 2 radical (unpaired) electrons. The van der Waals surface area contributed by atoms with Gasteiger partial charge in [0, 0.05) is 0 Å². The summed E-state index contributed by atoms with van der Waals surface area (Å²) in [5.41, 5.74) is 0. The molecule has 1 saturated heterocycles. The van der Waals surface area contributed by atoms with E-state index in [4.69, 9.17) is 9.47 Å². The Morgan fingerprint density at radius 1 is 0.800 bits per heavy atom. The molecular formula is C12H26O2Sn. The van der Waals surface area contributed by atoms with Crippen LogP contribution in [0.15, 0.2) is 0 Å². The molecular weight excluding hydrogens is 295 g/mol. The van der Waals surface area contributed by atoms with Crippen LogP contribution < -0.4 is 0 Å². The molecule has 1 rings (SSSR count). The van der Waals surface area contributed by atoms with Crippen molar-refractivity contribution in [3.63, 3.8) is 0 Å². The molecule has 90 valence electrons. The molecule has 0 atom stereocenters. The van der Waals surface area contributed by atoms with Crippen LogP contribution in [0.1, 0.15) is 39.5 Å². The molecule has 0 aromatic heterocycles. The topological polar surface area (TPSA) is 18.5 Å². The van der Waals surface area contributed by atoms with Crippen LogP contribution in [0.4, 0.5) is 0 Å². The Balaban J connectivity index is 0.000000280. The normalized spacial score (nSPS) is 15.6. The van der Waals surface area contributed by atoms with Crippen LogP contribution in [0.3, 0.4) is 0 Å². The summed E-state index contributed by atoms with van der Waals surface area (Å²) in [6, 6.07) is 0. The van der Waals surface area contributed by atoms with Crippen molar-refractivity contribution in [1.82, 2.24) is 0 Å². The van der Waals surface area contributed by atoms with Gasteiger partial charge in [0.25, 0.3) is 0 Å². The van der Waals surface area contributed by atoms with Crippen molar-refractivity contribution in [2.75, 3.05) is 26.4 Å². The van der Waals surface area contributed by atoms with E-state index < -0.39 is 0 Å². The van der Waals surface area contributed by atoms with E-state index in [-0.39, 0.29) is 21.1 Å². The van der Waals surface area contributed by atoms with Crippen LogP contribution in [-0.4, -0.2) is 47.6 Å². The average molecular weight is 321 g/mol. The summed E-state index contributed by atoms with van der Waals surface area (Å²) in [7, 11) is 0. The Morgan fingerprint density at radius 2 is 1.20 bits per heavy atom. The Kier molecular flexibility index (Phi) is 15.4. The van der Waals surface area contributed by atoms with E-state index >= 15 is 0 Å². The zero-order valence-electron chi connectivity index (χ0n) is 10.4. The van der Waals surface area contributed by atoms with E-state index in [2.05, 4.69) is 13.8 Å². The number of hydrogen-bond donors (Lipinski definition) is 0. The zero-order chi connectivity index (χ0) is 11.2. The minimum atomic E-state index is 0.149. The van der Waals surface area contributed by atoms with Gasteiger partial charge in [-0.1, -0.05) is 0 Å². The summed E-state index contributed by atoms with van der Waals surface area (Å²) >= 11 is 0.149. The van der Waals surface area contributed by atoms with Crippen molar-refractivity contribution < 1.29 is 9.47 Å². The summed E-state index contributed by atoms with van der Waals surface area (Å²) < 4.78 is 13.1. The third-order valence-electron chi connectivity index (χ3n) is 2.16. The average Bonchev–Trinajstić information content (AvgIpc) is 2.32. The third-order valence-corrected chi connectivity index (χ3v) is 6.19. The monoisotopic (exact) mass is 322 g/mol. The molecule has 0 aromatic rings. The third kappa shape index (κ3) is 14.7. The van der Waals surface area contributed by atoms with Crippen LogP contribution in [-0.2, 0) is 9.47 Å². The van der Waals surface area contributed by atoms with Gasteiger partial charge < -0.3 is 9.47 Å². The maximum absolute atomic E-state index is 4.94. The number of rotatable bonds is 6. The molecule has 1 aliphatic heterocycles. The fourth-order valence-corrected chi connectivity index (χ4v) is 5.33. The molecule has 1 heterocycles. The Hall–Kier alpha value is 0.719. The van der Waals surface area contributed by atoms with Crippen LogP contribution in [0.25, 0.3) is 0 Å². The molecule has 1 fully saturated rings. The van der Waals surface area contributed by atoms with Gasteiger partial charge in [0.1, 0.15) is 0 Å². The zero-order valence-corrected chi connectivity index (χ0v) is 13.2. The predicted octanol–water partition coefficient (Wildman–Crippen LogP) is 3.16. The van der Waals surface area contributed by atoms with Crippen molar-refractivity contribution in [3.05, 3.63) is 0 Å². The molecule has 0 bridgehead atoms. The van der Waals surface area contributed by atoms with Crippen LogP contribution >= 0.6 is 0 Å². The molecule has 0 aromatic carbocycles. The van der Waals surface area contributed by atoms with Gasteiger partial charge in [0.05, 0.1) is 26.4 Å². The summed E-state index contributed by atoms with van der Waals surface area (Å²) in [6.07, 6.45) is 5.84. The first-order chi connectivity index (χ1) is 7.41. The molecule has 0 unspecified atom stereocenters. The van der Waals surface area contributed by atoms with E-state index in [1.807, 2.05) is 0 Å². The fourth-order valence-electron chi connectivity index (χ4n) is 1.17. The van der Waals surface area contributed by atoms with Gasteiger partial charge in [-0.25, -0.2) is 0 Å². The number of ether oxygens (including phenoxy) is 2. The molecule has 0 aliphatic carbocycles. The Bertz CT molecular complexity index is 88.3. The van der Waals surface area contributed by atoms with Crippen molar-refractivity contribution >= 4 is 21.1 Å². The predicted molar refractivity (Wildman–Crippen MR) is 66.8 cm³/mol. The molecule has 0 amide bonds. The van der Waals surface area contributed by atoms with Gasteiger partial charge in [-0.05, 0) is 0 Å². The van der Waals surface area contributed by atoms with Crippen LogP contribution in [0.5, 0.6) is 0 Å². The fraction of sp³-hybridized carbons (Fsp3) is 1.00. The standard InChI is InChI=1S/C4H8O2.2C4H9.Sn/c1-2-6-4-3-5-1;2*1-3-4-2;/h1-4H2;2*1,3-4H2,2H3;. The summed E-state index contributed by atoms with van der Waals surface area (Å²) in [5, 5.41) is 0. The second-order valence-electron chi connectivity index (χ2n) is 3.68. The van der Waals surface area contributed by atoms with Gasteiger partial charge in [0.15, 0.2) is 0 Å². The number of unbranched alkanes of at least 4 members (excludes halogenated alkanes) is 2. The molecule has 1 aliphatic rings. The van der Waals surface area contributed by atoms with E-state index in [0.29, 0.717) is 0 Å². The van der Waals surface area contributed by atoms with Gasteiger partial charge in [0.2, 0.25) is 0 Å². The minimum absolute atomic E-state index is 0.149. The van der Waals surface area contributed by atoms with Crippen molar-refractivity contribution in [2.45, 2.75) is 48.4 Å². The first-order valence-electron chi connectivity index (χ1n) is 6.28. The van der Waals surface area contributed by atoms with E-state index in [0.717, 1.165) is 26.4 Å². The molecule has 2 nitrogen and oxygen atoms in total. The molecule has 15 heavy (non-hydrogen) atoms. The van der Waals surface area contributed by atoms with Crippen molar-refractivity contribution in [1.29, 1.82) is 0 Å². The first kappa shape index (κ1) is 15.7. The van der Waals surface area contributed by atoms with Crippen LogP contribution in [0.2, 0.25) is 8.87 Å². The van der Waals surface area contributed by atoms with Gasteiger partial charge in [-0.3, -0.25) is 0 Å².